The van der Waals surface area contributed by atoms with Crippen LogP contribution in [0.1, 0.15) is 17.3 Å². The van der Waals surface area contributed by atoms with Gasteiger partial charge in [0, 0.05) is 18.3 Å². The summed E-state index contributed by atoms with van der Waals surface area (Å²) in [6.07, 6.45) is 0. The summed E-state index contributed by atoms with van der Waals surface area (Å²) in [4.78, 5) is 23.0. The maximum atomic E-state index is 12.5. The second-order valence-corrected chi connectivity index (χ2v) is 7.97. The van der Waals surface area contributed by atoms with E-state index in [1.54, 1.807) is 31.3 Å². The highest BCUT2D eigenvalue weighted by Gasteiger charge is 2.17. The van der Waals surface area contributed by atoms with Crippen LogP contribution in [0.15, 0.2) is 52.2 Å². The molecule has 1 aromatic heterocycles. The minimum Gasteiger partial charge on any atom is -0.302 e. The summed E-state index contributed by atoms with van der Waals surface area (Å²) >= 11 is 0.992. The van der Waals surface area contributed by atoms with Crippen LogP contribution in [0.4, 0.5) is 5.69 Å². The van der Waals surface area contributed by atoms with Crippen LogP contribution in [0, 0.1) is 0 Å². The first-order valence-electron chi connectivity index (χ1n) is 7.01. The summed E-state index contributed by atoms with van der Waals surface area (Å²) in [6.45, 7) is 1.42. The highest BCUT2D eigenvalue weighted by Crippen LogP contribution is 2.23. The van der Waals surface area contributed by atoms with Crippen LogP contribution in [0.25, 0.3) is 10.2 Å². The number of Topliss-reactive ketones (excluding diaryl/α,β-unsaturated/α-hetero) is 1. The minimum atomic E-state index is -3.82. The molecule has 24 heavy (non-hydrogen) atoms. The fourth-order valence-corrected chi connectivity index (χ4v) is 4.37. The Morgan fingerprint density at radius 2 is 1.92 bits per heavy atom. The Morgan fingerprint density at radius 1 is 1.17 bits per heavy atom. The largest absolute Gasteiger partial charge is 0.307 e. The van der Waals surface area contributed by atoms with E-state index in [2.05, 4.69) is 4.72 Å². The molecule has 0 bridgehead atoms. The molecular formula is C16H14N2O4S2. The number of rotatable bonds is 4. The maximum absolute atomic E-state index is 12.5. The van der Waals surface area contributed by atoms with E-state index in [1.165, 1.54) is 29.7 Å². The van der Waals surface area contributed by atoms with Crippen molar-refractivity contribution in [2.45, 2.75) is 11.8 Å². The Hall–Kier alpha value is -2.45. The topological polar surface area (TPSA) is 85.2 Å². The van der Waals surface area contributed by atoms with Gasteiger partial charge in [-0.3, -0.25) is 14.3 Å². The van der Waals surface area contributed by atoms with E-state index in [4.69, 9.17) is 0 Å². The molecule has 0 saturated heterocycles. The predicted molar refractivity (Wildman–Crippen MR) is 94.3 cm³/mol. The average Bonchev–Trinajstić information content (AvgIpc) is 2.81. The van der Waals surface area contributed by atoms with Gasteiger partial charge in [0.2, 0.25) is 0 Å². The third-order valence-corrected chi connectivity index (χ3v) is 5.97. The molecule has 0 radical (unpaired) electrons. The zero-order valence-corrected chi connectivity index (χ0v) is 14.6. The molecule has 3 rings (SSSR count). The highest BCUT2D eigenvalue weighted by atomic mass is 32.2. The van der Waals surface area contributed by atoms with Gasteiger partial charge in [-0.25, -0.2) is 8.42 Å². The monoisotopic (exact) mass is 362 g/mol. The van der Waals surface area contributed by atoms with Crippen molar-refractivity contribution in [1.29, 1.82) is 0 Å². The van der Waals surface area contributed by atoms with Crippen LogP contribution < -0.4 is 9.60 Å². The molecule has 0 unspecified atom stereocenters. The van der Waals surface area contributed by atoms with Crippen LogP contribution in [0.3, 0.4) is 0 Å². The SMILES string of the molecule is CC(=O)c1cccc(NS(=O)(=O)c2ccc3c(c2)sc(=O)n3C)c1. The van der Waals surface area contributed by atoms with Crippen LogP contribution in [-0.2, 0) is 17.1 Å². The fourth-order valence-electron chi connectivity index (χ4n) is 2.30. The third-order valence-electron chi connectivity index (χ3n) is 3.60. The van der Waals surface area contributed by atoms with E-state index in [-0.39, 0.29) is 15.6 Å². The van der Waals surface area contributed by atoms with Crippen molar-refractivity contribution in [2.24, 2.45) is 7.05 Å². The molecule has 0 spiro atoms. The van der Waals surface area contributed by atoms with Gasteiger partial charge in [0.25, 0.3) is 10.0 Å². The Bertz CT molecular complexity index is 1110. The van der Waals surface area contributed by atoms with Gasteiger partial charge in [0.15, 0.2) is 5.78 Å². The summed E-state index contributed by atoms with van der Waals surface area (Å²) < 4.78 is 29.6. The van der Waals surface area contributed by atoms with Crippen LogP contribution in [0.5, 0.6) is 0 Å². The molecular weight excluding hydrogens is 348 g/mol. The van der Waals surface area contributed by atoms with E-state index in [0.717, 1.165) is 11.3 Å². The zero-order valence-electron chi connectivity index (χ0n) is 12.9. The number of carbonyl (C=O) groups is 1. The van der Waals surface area contributed by atoms with Gasteiger partial charge >= 0.3 is 4.87 Å². The number of anilines is 1. The number of thiazole rings is 1. The number of nitrogens with one attached hydrogen (secondary N) is 1. The molecule has 3 aromatic rings. The van der Waals surface area contributed by atoms with Crippen molar-refractivity contribution in [1.82, 2.24) is 4.57 Å². The lowest BCUT2D eigenvalue weighted by molar-refractivity contribution is 0.101. The standard InChI is InChI=1S/C16H14N2O4S2/c1-10(19)11-4-3-5-12(8-11)17-24(21,22)13-6-7-14-15(9-13)23-16(20)18(14)2/h3-9,17H,1-2H3. The number of nitrogens with zero attached hydrogens (tertiary/aromatic N) is 1. The van der Waals surface area contributed by atoms with Gasteiger partial charge in [-0.2, -0.15) is 0 Å². The smallest absolute Gasteiger partial charge is 0.302 e. The van der Waals surface area contributed by atoms with Crippen molar-refractivity contribution in [3.8, 4) is 0 Å². The van der Waals surface area contributed by atoms with Gasteiger partial charge in [0.05, 0.1) is 15.1 Å². The van der Waals surface area contributed by atoms with Gasteiger partial charge in [0.1, 0.15) is 0 Å². The van der Waals surface area contributed by atoms with Crippen molar-refractivity contribution in [3.63, 3.8) is 0 Å². The molecule has 6 nitrogen and oxygen atoms in total. The average molecular weight is 362 g/mol. The van der Waals surface area contributed by atoms with Gasteiger partial charge in [-0.15, -0.1) is 0 Å². The number of aryl methyl sites for hydroxylation is 1. The second-order valence-electron chi connectivity index (χ2n) is 5.30. The summed E-state index contributed by atoms with van der Waals surface area (Å²) in [6, 6.07) is 10.8. The van der Waals surface area contributed by atoms with Crippen molar-refractivity contribution in [2.75, 3.05) is 4.72 Å². The molecule has 124 valence electrons. The third kappa shape index (κ3) is 2.98. The Balaban J connectivity index is 2.00. The number of carbonyl (C=O) groups excluding carboxylic acids is 1. The molecule has 0 fully saturated rings. The normalized spacial score (nSPS) is 11.6. The minimum absolute atomic E-state index is 0.0603. The van der Waals surface area contributed by atoms with E-state index < -0.39 is 10.0 Å². The second kappa shape index (κ2) is 5.88. The fraction of sp³-hybridized carbons (Fsp3) is 0.125. The molecule has 0 aliphatic heterocycles. The van der Waals surface area contributed by atoms with E-state index in [9.17, 15) is 18.0 Å². The number of aromatic nitrogens is 1. The van der Waals surface area contributed by atoms with Gasteiger partial charge in [-0.1, -0.05) is 23.5 Å². The first kappa shape index (κ1) is 16.4. The first-order valence-corrected chi connectivity index (χ1v) is 9.31. The number of hydrogen-bond acceptors (Lipinski definition) is 5. The van der Waals surface area contributed by atoms with E-state index in [0.29, 0.717) is 21.5 Å². The summed E-state index contributed by atoms with van der Waals surface area (Å²) in [7, 11) is -2.18. The highest BCUT2D eigenvalue weighted by molar-refractivity contribution is 7.92. The lowest BCUT2D eigenvalue weighted by Gasteiger charge is -2.09. The summed E-state index contributed by atoms with van der Waals surface area (Å²) in [5.41, 5.74) is 1.42. The van der Waals surface area contributed by atoms with Crippen molar-refractivity contribution in [3.05, 3.63) is 57.7 Å². The Labute approximate surface area is 142 Å². The van der Waals surface area contributed by atoms with E-state index >= 15 is 0 Å². The van der Waals surface area contributed by atoms with E-state index in [1.807, 2.05) is 0 Å². The predicted octanol–water partition coefficient (Wildman–Crippen LogP) is 2.60. The quantitative estimate of drug-likeness (QED) is 0.723. The van der Waals surface area contributed by atoms with Crippen LogP contribution >= 0.6 is 11.3 Å². The molecule has 0 aliphatic carbocycles. The Kier molecular flexibility index (Phi) is 4.02. The molecule has 8 heteroatoms. The maximum Gasteiger partial charge on any atom is 0.307 e. The molecule has 0 amide bonds. The molecule has 1 heterocycles. The van der Waals surface area contributed by atoms with Crippen molar-refractivity contribution < 1.29 is 13.2 Å². The number of fused-ring (bicyclic) bond motifs is 1. The molecule has 0 saturated carbocycles. The molecule has 2 aromatic carbocycles. The Morgan fingerprint density at radius 3 is 2.62 bits per heavy atom. The molecule has 1 N–H and O–H groups in total. The number of sulfonamides is 1. The number of benzene rings is 2. The zero-order chi connectivity index (χ0) is 17.5. The lowest BCUT2D eigenvalue weighted by atomic mass is 10.1. The molecule has 0 atom stereocenters. The van der Waals surface area contributed by atoms with Crippen molar-refractivity contribution >= 4 is 43.0 Å². The lowest BCUT2D eigenvalue weighted by Crippen LogP contribution is -2.13. The molecule has 0 aliphatic rings. The first-order chi connectivity index (χ1) is 11.3. The van der Waals surface area contributed by atoms with Gasteiger partial charge in [-0.05, 0) is 37.3 Å². The van der Waals surface area contributed by atoms with Gasteiger partial charge < -0.3 is 4.57 Å². The van der Waals surface area contributed by atoms with Crippen LogP contribution in [-0.4, -0.2) is 18.8 Å². The van der Waals surface area contributed by atoms with Crippen LogP contribution in [0.2, 0.25) is 0 Å². The number of ketones is 1. The summed E-state index contributed by atoms with van der Waals surface area (Å²) in [5, 5.41) is 0. The summed E-state index contributed by atoms with van der Waals surface area (Å²) in [5.74, 6) is -0.147. The number of hydrogen-bond donors (Lipinski definition) is 1.